The molecule has 0 saturated carbocycles. The van der Waals surface area contributed by atoms with Crippen molar-refractivity contribution < 1.29 is 14.0 Å². The van der Waals surface area contributed by atoms with Crippen molar-refractivity contribution in [1.82, 2.24) is 10.2 Å². The van der Waals surface area contributed by atoms with Crippen LogP contribution in [0.3, 0.4) is 0 Å². The molecule has 0 radical (unpaired) electrons. The molecule has 1 aliphatic rings. The van der Waals surface area contributed by atoms with Gasteiger partial charge in [-0.3, -0.25) is 9.59 Å². The van der Waals surface area contributed by atoms with Gasteiger partial charge >= 0.3 is 0 Å². The van der Waals surface area contributed by atoms with Crippen LogP contribution in [0.15, 0.2) is 18.2 Å². The molecule has 1 fully saturated rings. The Bertz CT molecular complexity index is 505. The topological polar surface area (TPSA) is 61.4 Å². The van der Waals surface area contributed by atoms with Gasteiger partial charge in [-0.25, -0.2) is 4.39 Å². The quantitative estimate of drug-likeness (QED) is 0.851. The van der Waals surface area contributed by atoms with E-state index in [2.05, 4.69) is 10.6 Å². The number of amides is 2. The minimum atomic E-state index is -0.464. The molecule has 1 aliphatic heterocycles. The number of anilines is 1. The Morgan fingerprint density at radius 3 is 3.00 bits per heavy atom. The zero-order valence-corrected chi connectivity index (χ0v) is 10.7. The number of carbonyl (C=O) groups excluding carboxylic acids is 2. The highest BCUT2D eigenvalue weighted by Gasteiger charge is 2.24. The molecule has 1 aromatic carbocycles. The molecule has 0 aromatic heterocycles. The molecular weight excluding hydrogens is 249 g/mol. The van der Waals surface area contributed by atoms with Crippen LogP contribution >= 0.6 is 0 Å². The minimum Gasteiger partial charge on any atom is -0.382 e. The molecule has 1 aromatic rings. The number of carbonyl (C=O) groups is 2. The van der Waals surface area contributed by atoms with Crippen molar-refractivity contribution in [1.29, 1.82) is 0 Å². The van der Waals surface area contributed by atoms with Crippen LogP contribution < -0.4 is 10.6 Å². The smallest absolute Gasteiger partial charge is 0.256 e. The summed E-state index contributed by atoms with van der Waals surface area (Å²) in [7, 11) is 0. The van der Waals surface area contributed by atoms with Gasteiger partial charge in [0.2, 0.25) is 5.91 Å². The molecular formula is C13H16FN3O2. The van der Waals surface area contributed by atoms with Crippen molar-refractivity contribution in [3.05, 3.63) is 29.6 Å². The second kappa shape index (κ2) is 5.69. The average Bonchev–Trinajstić information content (AvgIpc) is 2.40. The fourth-order valence-corrected chi connectivity index (χ4v) is 2.04. The molecule has 2 N–H and O–H groups in total. The number of piperazine rings is 1. The number of nitrogens with one attached hydrogen (secondary N) is 2. The van der Waals surface area contributed by atoms with Crippen molar-refractivity contribution >= 4 is 17.5 Å². The van der Waals surface area contributed by atoms with E-state index in [9.17, 15) is 14.0 Å². The summed E-state index contributed by atoms with van der Waals surface area (Å²) >= 11 is 0. The standard InChI is InChI=1S/C13H16FN3O2/c1-2-15-12-9(4-3-5-10(12)14)13(19)17-7-6-16-11(18)8-17/h3-5,15H,2,6-8H2,1H3,(H,16,18). The Labute approximate surface area is 110 Å². The third-order valence-corrected chi connectivity index (χ3v) is 2.92. The highest BCUT2D eigenvalue weighted by Crippen LogP contribution is 2.21. The van der Waals surface area contributed by atoms with Gasteiger partial charge < -0.3 is 15.5 Å². The maximum Gasteiger partial charge on any atom is 0.256 e. The monoisotopic (exact) mass is 265 g/mol. The van der Waals surface area contributed by atoms with E-state index in [-0.39, 0.29) is 29.6 Å². The summed E-state index contributed by atoms with van der Waals surface area (Å²) in [4.78, 5) is 25.0. The molecule has 19 heavy (non-hydrogen) atoms. The maximum atomic E-state index is 13.7. The zero-order valence-electron chi connectivity index (χ0n) is 10.7. The highest BCUT2D eigenvalue weighted by molar-refractivity contribution is 6.01. The number of para-hydroxylation sites is 1. The molecule has 2 amide bonds. The molecule has 0 aliphatic carbocycles. The molecule has 1 heterocycles. The van der Waals surface area contributed by atoms with Gasteiger partial charge in [0.15, 0.2) is 0 Å². The van der Waals surface area contributed by atoms with Gasteiger partial charge in [0.05, 0.1) is 17.8 Å². The van der Waals surface area contributed by atoms with Crippen molar-refractivity contribution in [2.45, 2.75) is 6.92 Å². The van der Waals surface area contributed by atoms with Crippen molar-refractivity contribution in [3.8, 4) is 0 Å². The van der Waals surface area contributed by atoms with Crippen LogP contribution in [0.1, 0.15) is 17.3 Å². The van der Waals surface area contributed by atoms with Gasteiger partial charge in [0.1, 0.15) is 5.82 Å². The lowest BCUT2D eigenvalue weighted by molar-refractivity contribution is -0.123. The van der Waals surface area contributed by atoms with Gasteiger partial charge in [0, 0.05) is 19.6 Å². The highest BCUT2D eigenvalue weighted by atomic mass is 19.1. The van der Waals surface area contributed by atoms with Crippen LogP contribution in [0.4, 0.5) is 10.1 Å². The van der Waals surface area contributed by atoms with Gasteiger partial charge in [0.25, 0.3) is 5.91 Å². The van der Waals surface area contributed by atoms with Gasteiger partial charge in [-0.1, -0.05) is 6.07 Å². The lowest BCUT2D eigenvalue weighted by atomic mass is 10.1. The number of rotatable bonds is 3. The fourth-order valence-electron chi connectivity index (χ4n) is 2.04. The van der Waals surface area contributed by atoms with Crippen LogP contribution in [0.2, 0.25) is 0 Å². The number of hydrogen-bond donors (Lipinski definition) is 2. The third kappa shape index (κ3) is 2.83. The lowest BCUT2D eigenvalue weighted by Crippen LogP contribution is -2.50. The third-order valence-electron chi connectivity index (χ3n) is 2.92. The van der Waals surface area contributed by atoms with E-state index in [1.54, 1.807) is 6.07 Å². The van der Waals surface area contributed by atoms with E-state index in [1.807, 2.05) is 6.92 Å². The van der Waals surface area contributed by atoms with Crippen molar-refractivity contribution in [3.63, 3.8) is 0 Å². The Kier molecular flexibility index (Phi) is 3.99. The average molecular weight is 265 g/mol. The first-order valence-electron chi connectivity index (χ1n) is 6.22. The summed E-state index contributed by atoms with van der Waals surface area (Å²) in [5, 5.41) is 5.50. The van der Waals surface area contributed by atoms with E-state index in [4.69, 9.17) is 0 Å². The summed E-state index contributed by atoms with van der Waals surface area (Å²) in [5.41, 5.74) is 0.456. The van der Waals surface area contributed by atoms with Crippen LogP contribution in [0.5, 0.6) is 0 Å². The molecule has 0 unspecified atom stereocenters. The van der Waals surface area contributed by atoms with E-state index < -0.39 is 5.82 Å². The first-order chi connectivity index (χ1) is 9.13. The lowest BCUT2D eigenvalue weighted by Gasteiger charge is -2.27. The van der Waals surface area contributed by atoms with Crippen LogP contribution in [0.25, 0.3) is 0 Å². The molecule has 102 valence electrons. The SMILES string of the molecule is CCNc1c(F)cccc1C(=O)N1CCNC(=O)C1. The maximum absolute atomic E-state index is 13.7. The van der Waals surface area contributed by atoms with Crippen molar-refractivity contribution in [2.75, 3.05) is 31.5 Å². The Morgan fingerprint density at radius 1 is 1.53 bits per heavy atom. The Morgan fingerprint density at radius 2 is 2.32 bits per heavy atom. The van der Waals surface area contributed by atoms with Crippen LogP contribution in [-0.2, 0) is 4.79 Å². The molecule has 6 heteroatoms. The molecule has 0 bridgehead atoms. The summed E-state index contributed by atoms with van der Waals surface area (Å²) in [6, 6.07) is 4.36. The first-order valence-corrected chi connectivity index (χ1v) is 6.22. The molecule has 0 atom stereocenters. The fraction of sp³-hybridized carbons (Fsp3) is 0.385. The second-order valence-corrected chi connectivity index (χ2v) is 4.27. The van der Waals surface area contributed by atoms with E-state index in [0.29, 0.717) is 19.6 Å². The van der Waals surface area contributed by atoms with E-state index >= 15 is 0 Å². The Balaban J connectivity index is 2.27. The minimum absolute atomic E-state index is 0.0148. The van der Waals surface area contributed by atoms with Crippen molar-refractivity contribution in [2.24, 2.45) is 0 Å². The van der Waals surface area contributed by atoms with Gasteiger partial charge in [-0.2, -0.15) is 0 Å². The normalized spacial score (nSPS) is 15.1. The largest absolute Gasteiger partial charge is 0.382 e. The zero-order chi connectivity index (χ0) is 13.8. The van der Waals surface area contributed by atoms with E-state index in [1.165, 1.54) is 17.0 Å². The summed E-state index contributed by atoms with van der Waals surface area (Å²) < 4.78 is 13.7. The predicted octanol–water partition coefficient (Wildman–Crippen LogP) is 0.830. The number of hydrogen-bond acceptors (Lipinski definition) is 3. The van der Waals surface area contributed by atoms with Crippen LogP contribution in [-0.4, -0.2) is 42.9 Å². The molecule has 5 nitrogen and oxygen atoms in total. The first kappa shape index (κ1) is 13.3. The van der Waals surface area contributed by atoms with E-state index in [0.717, 1.165) is 0 Å². The number of benzene rings is 1. The molecule has 1 saturated heterocycles. The molecule has 0 spiro atoms. The van der Waals surface area contributed by atoms with Gasteiger partial charge in [-0.15, -0.1) is 0 Å². The van der Waals surface area contributed by atoms with Gasteiger partial charge in [-0.05, 0) is 19.1 Å². The number of nitrogens with zero attached hydrogens (tertiary/aromatic N) is 1. The second-order valence-electron chi connectivity index (χ2n) is 4.27. The van der Waals surface area contributed by atoms with Crippen LogP contribution in [0, 0.1) is 5.82 Å². The molecule has 2 rings (SSSR count). The predicted molar refractivity (Wildman–Crippen MR) is 69.5 cm³/mol. The Hall–Kier alpha value is -2.11. The summed E-state index contributed by atoms with van der Waals surface area (Å²) in [6.07, 6.45) is 0. The summed E-state index contributed by atoms with van der Waals surface area (Å²) in [5.74, 6) is -0.986. The summed E-state index contributed by atoms with van der Waals surface area (Å²) in [6.45, 7) is 3.22. The number of halogens is 1.